The number of carbonyl (C=O) groups excluding carboxylic acids is 1. The molecule has 128 valence electrons. The third-order valence-electron chi connectivity index (χ3n) is 3.47. The first-order chi connectivity index (χ1) is 12.7. The standard InChI is InChI=1S/C18H15N7O/c19-11-14(18-22-24-25-23-18)12-20-15-6-8-16(9-7-15)21-17(26)10-13-4-2-1-3-5-13/h1-9,12,20H,10H2,(H,21,26)(H,22,23,24,25). The van der Waals surface area contributed by atoms with Gasteiger partial charge in [0.2, 0.25) is 11.7 Å². The summed E-state index contributed by atoms with van der Waals surface area (Å²) in [7, 11) is 0. The highest BCUT2D eigenvalue weighted by Crippen LogP contribution is 2.15. The number of benzene rings is 2. The summed E-state index contributed by atoms with van der Waals surface area (Å²) in [5.41, 5.74) is 2.65. The van der Waals surface area contributed by atoms with E-state index in [2.05, 4.69) is 31.3 Å². The molecule has 2 aromatic carbocycles. The lowest BCUT2D eigenvalue weighted by atomic mass is 10.1. The predicted octanol–water partition coefficient (Wildman–Crippen LogP) is 2.36. The molecule has 8 nitrogen and oxygen atoms in total. The van der Waals surface area contributed by atoms with Crippen LogP contribution in [0, 0.1) is 11.3 Å². The van der Waals surface area contributed by atoms with E-state index in [4.69, 9.17) is 5.26 Å². The summed E-state index contributed by atoms with van der Waals surface area (Å²) in [6.45, 7) is 0. The SMILES string of the molecule is N#CC(=CNc1ccc(NC(=O)Cc2ccccc2)cc1)c1nn[nH]n1. The summed E-state index contributed by atoms with van der Waals surface area (Å²) < 4.78 is 0. The zero-order chi connectivity index (χ0) is 18.2. The van der Waals surface area contributed by atoms with Gasteiger partial charge in [-0.05, 0) is 35.0 Å². The van der Waals surface area contributed by atoms with Crippen LogP contribution in [-0.2, 0) is 11.2 Å². The van der Waals surface area contributed by atoms with Crippen molar-refractivity contribution in [1.29, 1.82) is 5.26 Å². The number of tetrazole rings is 1. The van der Waals surface area contributed by atoms with E-state index >= 15 is 0 Å². The Labute approximate surface area is 149 Å². The van der Waals surface area contributed by atoms with Gasteiger partial charge in [0, 0.05) is 17.6 Å². The van der Waals surface area contributed by atoms with E-state index in [9.17, 15) is 4.79 Å². The number of aromatic amines is 1. The van der Waals surface area contributed by atoms with E-state index < -0.39 is 0 Å². The first-order valence-electron chi connectivity index (χ1n) is 7.79. The molecular weight excluding hydrogens is 330 g/mol. The molecule has 0 fully saturated rings. The maximum Gasteiger partial charge on any atom is 0.228 e. The molecule has 26 heavy (non-hydrogen) atoms. The smallest absolute Gasteiger partial charge is 0.228 e. The van der Waals surface area contributed by atoms with Crippen LogP contribution < -0.4 is 10.6 Å². The lowest BCUT2D eigenvalue weighted by Crippen LogP contribution is -2.14. The monoisotopic (exact) mass is 345 g/mol. The number of H-pyrrole nitrogens is 1. The Morgan fingerprint density at radius 2 is 1.85 bits per heavy atom. The van der Waals surface area contributed by atoms with Crippen molar-refractivity contribution >= 4 is 22.9 Å². The number of hydrogen-bond acceptors (Lipinski definition) is 6. The van der Waals surface area contributed by atoms with Gasteiger partial charge in [-0.2, -0.15) is 10.5 Å². The Balaban J connectivity index is 1.58. The molecule has 0 aliphatic heterocycles. The topological polar surface area (TPSA) is 119 Å². The Morgan fingerprint density at radius 1 is 1.12 bits per heavy atom. The van der Waals surface area contributed by atoms with Crippen molar-refractivity contribution in [2.75, 3.05) is 10.6 Å². The van der Waals surface area contributed by atoms with Crippen LogP contribution in [-0.4, -0.2) is 26.5 Å². The third-order valence-corrected chi connectivity index (χ3v) is 3.47. The van der Waals surface area contributed by atoms with Gasteiger partial charge in [-0.1, -0.05) is 30.3 Å². The molecule has 0 spiro atoms. The minimum atomic E-state index is -0.0827. The van der Waals surface area contributed by atoms with Crippen LogP contribution in [0.5, 0.6) is 0 Å². The number of carbonyl (C=O) groups is 1. The number of nitrogens with zero attached hydrogens (tertiary/aromatic N) is 4. The van der Waals surface area contributed by atoms with E-state index in [1.807, 2.05) is 36.4 Å². The first-order valence-corrected chi connectivity index (χ1v) is 7.79. The van der Waals surface area contributed by atoms with E-state index in [1.54, 1.807) is 24.3 Å². The summed E-state index contributed by atoms with van der Waals surface area (Å²) in [5.74, 6) is 0.130. The molecule has 1 aromatic heterocycles. The Bertz CT molecular complexity index is 926. The average Bonchev–Trinajstić information content (AvgIpc) is 3.19. The van der Waals surface area contributed by atoms with Crippen LogP contribution in [0.4, 0.5) is 11.4 Å². The predicted molar refractivity (Wildman–Crippen MR) is 96.6 cm³/mol. The zero-order valence-corrected chi connectivity index (χ0v) is 13.7. The lowest BCUT2D eigenvalue weighted by molar-refractivity contribution is -0.115. The average molecular weight is 345 g/mol. The fourth-order valence-electron chi connectivity index (χ4n) is 2.21. The van der Waals surface area contributed by atoms with Crippen molar-refractivity contribution < 1.29 is 4.79 Å². The molecule has 0 unspecified atom stereocenters. The second-order valence-electron chi connectivity index (χ2n) is 5.34. The van der Waals surface area contributed by atoms with Crippen molar-refractivity contribution in [2.45, 2.75) is 6.42 Å². The van der Waals surface area contributed by atoms with Gasteiger partial charge in [0.05, 0.1) is 6.42 Å². The van der Waals surface area contributed by atoms with E-state index in [0.717, 1.165) is 11.3 Å². The van der Waals surface area contributed by atoms with Gasteiger partial charge < -0.3 is 10.6 Å². The molecule has 3 aromatic rings. The minimum absolute atomic E-state index is 0.0827. The number of aromatic nitrogens is 4. The number of anilines is 2. The van der Waals surface area contributed by atoms with Gasteiger partial charge in [0.25, 0.3) is 0 Å². The first kappa shape index (κ1) is 16.9. The largest absolute Gasteiger partial charge is 0.360 e. The molecule has 0 aliphatic carbocycles. The highest BCUT2D eigenvalue weighted by molar-refractivity contribution is 5.92. The van der Waals surface area contributed by atoms with E-state index in [0.29, 0.717) is 12.1 Å². The maximum absolute atomic E-state index is 12.1. The zero-order valence-electron chi connectivity index (χ0n) is 13.7. The van der Waals surface area contributed by atoms with Crippen LogP contribution in [0.15, 0.2) is 60.8 Å². The maximum atomic E-state index is 12.1. The van der Waals surface area contributed by atoms with Gasteiger partial charge in [0.15, 0.2) is 0 Å². The molecule has 0 radical (unpaired) electrons. The summed E-state index contributed by atoms with van der Waals surface area (Å²) in [4.78, 5) is 12.1. The van der Waals surface area contributed by atoms with Crippen molar-refractivity contribution in [2.24, 2.45) is 0 Å². The molecule has 0 saturated heterocycles. The quantitative estimate of drug-likeness (QED) is 0.590. The molecule has 0 saturated carbocycles. The van der Waals surface area contributed by atoms with Gasteiger partial charge in [-0.15, -0.1) is 10.2 Å². The number of nitriles is 1. The number of allylic oxidation sites excluding steroid dienone is 1. The van der Waals surface area contributed by atoms with Crippen molar-refractivity contribution in [3.63, 3.8) is 0 Å². The van der Waals surface area contributed by atoms with Gasteiger partial charge in [0.1, 0.15) is 11.6 Å². The van der Waals surface area contributed by atoms with Crippen LogP contribution in [0.2, 0.25) is 0 Å². The fraction of sp³-hybridized carbons (Fsp3) is 0.0556. The summed E-state index contributed by atoms with van der Waals surface area (Å²) in [6.07, 6.45) is 1.81. The second-order valence-corrected chi connectivity index (χ2v) is 5.34. The minimum Gasteiger partial charge on any atom is -0.360 e. The molecule has 8 heteroatoms. The molecule has 3 rings (SSSR count). The third kappa shape index (κ3) is 4.52. The van der Waals surface area contributed by atoms with Crippen LogP contribution >= 0.6 is 0 Å². The highest BCUT2D eigenvalue weighted by Gasteiger charge is 2.06. The Kier molecular flexibility index (Phi) is 5.32. The van der Waals surface area contributed by atoms with Gasteiger partial charge >= 0.3 is 0 Å². The number of rotatable bonds is 6. The molecular formula is C18H15N7O. The molecule has 0 atom stereocenters. The van der Waals surface area contributed by atoms with Crippen molar-refractivity contribution in [3.05, 3.63) is 72.2 Å². The lowest BCUT2D eigenvalue weighted by Gasteiger charge is -2.07. The Hall–Kier alpha value is -3.99. The van der Waals surface area contributed by atoms with Gasteiger partial charge in [-0.3, -0.25) is 4.79 Å². The second kappa shape index (κ2) is 8.21. The Morgan fingerprint density at radius 3 is 2.50 bits per heavy atom. The number of amides is 1. The molecule has 0 aliphatic rings. The van der Waals surface area contributed by atoms with Gasteiger partial charge in [-0.25, -0.2) is 0 Å². The van der Waals surface area contributed by atoms with Crippen LogP contribution in [0.25, 0.3) is 5.57 Å². The number of nitrogens with one attached hydrogen (secondary N) is 3. The van der Waals surface area contributed by atoms with Crippen LogP contribution in [0.3, 0.4) is 0 Å². The highest BCUT2D eigenvalue weighted by atomic mass is 16.1. The summed E-state index contributed by atoms with van der Waals surface area (Å²) in [5, 5.41) is 28.2. The van der Waals surface area contributed by atoms with E-state index in [1.165, 1.54) is 6.20 Å². The normalized spacial score (nSPS) is 10.8. The van der Waals surface area contributed by atoms with E-state index in [-0.39, 0.29) is 17.3 Å². The fourth-order valence-corrected chi connectivity index (χ4v) is 2.21. The molecule has 1 amide bonds. The van der Waals surface area contributed by atoms with Crippen LogP contribution in [0.1, 0.15) is 11.4 Å². The molecule has 1 heterocycles. The molecule has 3 N–H and O–H groups in total. The van der Waals surface area contributed by atoms with Crippen molar-refractivity contribution in [1.82, 2.24) is 20.6 Å². The summed E-state index contributed by atoms with van der Waals surface area (Å²) in [6, 6.07) is 18.7. The number of hydrogen-bond donors (Lipinski definition) is 3. The van der Waals surface area contributed by atoms with Crippen molar-refractivity contribution in [3.8, 4) is 6.07 Å². The summed E-state index contributed by atoms with van der Waals surface area (Å²) >= 11 is 0. The molecule has 0 bridgehead atoms.